The fourth-order valence-corrected chi connectivity index (χ4v) is 2.99. The van der Waals surface area contributed by atoms with Gasteiger partial charge in [-0.15, -0.1) is 0 Å². The molecule has 0 N–H and O–H groups in total. The van der Waals surface area contributed by atoms with Gasteiger partial charge in [0, 0.05) is 22.6 Å². The van der Waals surface area contributed by atoms with E-state index >= 15 is 0 Å². The van der Waals surface area contributed by atoms with E-state index in [9.17, 15) is 17.8 Å². The average Bonchev–Trinajstić information content (AvgIpc) is 2.47. The zero-order valence-electron chi connectivity index (χ0n) is 11.2. The second-order valence-corrected chi connectivity index (χ2v) is 6.11. The molecule has 0 spiro atoms. The van der Waals surface area contributed by atoms with Crippen LogP contribution >= 0.6 is 0 Å². The molecule has 0 bridgehead atoms. The van der Waals surface area contributed by atoms with Gasteiger partial charge >= 0.3 is 0 Å². The van der Waals surface area contributed by atoms with E-state index in [2.05, 4.69) is 0 Å². The van der Waals surface area contributed by atoms with Crippen molar-refractivity contribution in [3.05, 3.63) is 65.7 Å². The van der Waals surface area contributed by atoms with Crippen LogP contribution in [-0.2, 0) is 10.8 Å². The molecule has 0 aliphatic heterocycles. The zero-order valence-corrected chi connectivity index (χ0v) is 12.0. The molecule has 0 heterocycles. The maximum atomic E-state index is 13.0. The van der Waals surface area contributed by atoms with E-state index in [1.54, 1.807) is 6.07 Å². The fourth-order valence-electron chi connectivity index (χ4n) is 1.87. The Bertz CT molecular complexity index is 654. The van der Waals surface area contributed by atoms with Crippen molar-refractivity contribution in [1.82, 2.24) is 0 Å². The summed E-state index contributed by atoms with van der Waals surface area (Å²) in [7, 11) is -1.32. The molecule has 2 aromatic carbocycles. The molecule has 110 valence electrons. The standard InChI is InChI=1S/C16H14F2O2S/c17-13-8-6-12(7-9-13)16(19)5-2-10-21(20)15-4-1-3-14(18)11-15/h1,3-4,6-9,11H,2,5,10H2. The third-order valence-electron chi connectivity index (χ3n) is 2.96. The topological polar surface area (TPSA) is 34.1 Å². The predicted molar refractivity (Wildman–Crippen MR) is 77.6 cm³/mol. The molecule has 0 aromatic heterocycles. The van der Waals surface area contributed by atoms with Crippen molar-refractivity contribution < 1.29 is 17.8 Å². The van der Waals surface area contributed by atoms with Crippen molar-refractivity contribution in [3.63, 3.8) is 0 Å². The van der Waals surface area contributed by atoms with Gasteiger partial charge in [-0.2, -0.15) is 0 Å². The molecule has 0 aliphatic rings. The number of Topliss-reactive ketones (excluding diaryl/α,β-unsaturated/α-hetero) is 1. The highest BCUT2D eigenvalue weighted by molar-refractivity contribution is 7.85. The summed E-state index contributed by atoms with van der Waals surface area (Å²) in [6.45, 7) is 0. The Balaban J connectivity index is 1.85. The number of benzene rings is 2. The summed E-state index contributed by atoms with van der Waals surface area (Å²) in [6, 6.07) is 11.0. The number of halogens is 2. The first-order chi connectivity index (χ1) is 10.1. The number of rotatable bonds is 6. The average molecular weight is 308 g/mol. The number of hydrogen-bond acceptors (Lipinski definition) is 2. The van der Waals surface area contributed by atoms with Crippen LogP contribution < -0.4 is 0 Å². The second-order valence-electron chi connectivity index (χ2n) is 4.54. The zero-order chi connectivity index (χ0) is 15.2. The number of carbonyl (C=O) groups is 1. The van der Waals surface area contributed by atoms with Crippen LogP contribution in [0, 0.1) is 11.6 Å². The smallest absolute Gasteiger partial charge is 0.162 e. The summed E-state index contributed by atoms with van der Waals surface area (Å²) in [5.74, 6) is -0.649. The lowest BCUT2D eigenvalue weighted by molar-refractivity contribution is 0.0982. The van der Waals surface area contributed by atoms with Crippen molar-refractivity contribution >= 4 is 16.6 Å². The number of hydrogen-bond donors (Lipinski definition) is 0. The maximum absolute atomic E-state index is 13.0. The van der Waals surface area contributed by atoms with Crippen molar-refractivity contribution in [2.24, 2.45) is 0 Å². The van der Waals surface area contributed by atoms with Gasteiger partial charge in [-0.1, -0.05) is 6.07 Å². The first-order valence-electron chi connectivity index (χ1n) is 6.49. The molecule has 0 aliphatic carbocycles. The van der Waals surface area contributed by atoms with Gasteiger partial charge in [0.25, 0.3) is 0 Å². The molecular formula is C16H14F2O2S. The second kappa shape index (κ2) is 7.22. The highest BCUT2D eigenvalue weighted by Crippen LogP contribution is 2.12. The van der Waals surface area contributed by atoms with Crippen molar-refractivity contribution in [2.45, 2.75) is 17.7 Å². The van der Waals surface area contributed by atoms with E-state index in [1.165, 1.54) is 42.5 Å². The normalized spacial score (nSPS) is 12.1. The molecule has 21 heavy (non-hydrogen) atoms. The Morgan fingerprint density at radius 2 is 1.71 bits per heavy atom. The Labute approximate surface area is 124 Å². The Hall–Kier alpha value is -1.88. The van der Waals surface area contributed by atoms with Crippen LogP contribution in [0.15, 0.2) is 53.4 Å². The summed E-state index contributed by atoms with van der Waals surface area (Å²) in [6.07, 6.45) is 0.659. The highest BCUT2D eigenvalue weighted by atomic mass is 32.2. The van der Waals surface area contributed by atoms with Crippen LogP contribution in [0.4, 0.5) is 8.78 Å². The van der Waals surface area contributed by atoms with Gasteiger partial charge in [0.05, 0.1) is 10.8 Å². The van der Waals surface area contributed by atoms with Crippen LogP contribution in [0.2, 0.25) is 0 Å². The minimum Gasteiger partial charge on any atom is -0.294 e. The minimum atomic E-state index is -1.32. The van der Waals surface area contributed by atoms with Crippen molar-refractivity contribution in [1.29, 1.82) is 0 Å². The lowest BCUT2D eigenvalue weighted by Gasteiger charge is -2.03. The SMILES string of the molecule is O=C(CCCS(=O)c1cccc(F)c1)c1ccc(F)cc1. The van der Waals surface area contributed by atoms with E-state index in [4.69, 9.17) is 0 Å². The van der Waals surface area contributed by atoms with Gasteiger partial charge in [-0.25, -0.2) is 8.78 Å². The summed E-state index contributed by atoms with van der Waals surface area (Å²) >= 11 is 0. The lowest BCUT2D eigenvalue weighted by Crippen LogP contribution is -2.04. The van der Waals surface area contributed by atoms with Crippen molar-refractivity contribution in [2.75, 3.05) is 5.75 Å². The quantitative estimate of drug-likeness (QED) is 0.762. The molecule has 2 rings (SSSR count). The van der Waals surface area contributed by atoms with Gasteiger partial charge < -0.3 is 0 Å². The number of ketones is 1. The molecule has 0 fully saturated rings. The molecule has 1 unspecified atom stereocenters. The van der Waals surface area contributed by atoms with E-state index in [0.717, 1.165) is 0 Å². The van der Waals surface area contributed by atoms with Crippen LogP contribution in [0.5, 0.6) is 0 Å². The van der Waals surface area contributed by atoms with E-state index < -0.39 is 22.4 Å². The van der Waals surface area contributed by atoms with Gasteiger partial charge in [0.2, 0.25) is 0 Å². The molecule has 5 heteroatoms. The number of carbonyl (C=O) groups excluding carboxylic acids is 1. The van der Waals surface area contributed by atoms with Crippen LogP contribution in [0.3, 0.4) is 0 Å². The molecule has 2 aromatic rings. The van der Waals surface area contributed by atoms with Crippen LogP contribution in [-0.4, -0.2) is 15.7 Å². The van der Waals surface area contributed by atoms with Crippen molar-refractivity contribution in [3.8, 4) is 0 Å². The van der Waals surface area contributed by atoms with Crippen LogP contribution in [0.1, 0.15) is 23.2 Å². The Kier molecular flexibility index (Phi) is 5.33. The molecular weight excluding hydrogens is 294 g/mol. The monoisotopic (exact) mass is 308 g/mol. The maximum Gasteiger partial charge on any atom is 0.162 e. The third-order valence-corrected chi connectivity index (χ3v) is 4.40. The summed E-state index contributed by atoms with van der Waals surface area (Å²) < 4.78 is 37.7. The molecule has 0 amide bonds. The fraction of sp³-hybridized carbons (Fsp3) is 0.188. The van der Waals surface area contributed by atoms with E-state index in [-0.39, 0.29) is 18.0 Å². The minimum absolute atomic E-state index is 0.119. The first kappa shape index (κ1) is 15.5. The highest BCUT2D eigenvalue weighted by Gasteiger charge is 2.09. The predicted octanol–water partition coefficient (Wildman–Crippen LogP) is 3.74. The first-order valence-corrected chi connectivity index (χ1v) is 7.81. The lowest BCUT2D eigenvalue weighted by atomic mass is 10.1. The van der Waals surface area contributed by atoms with Gasteiger partial charge in [-0.05, 0) is 48.9 Å². The molecule has 0 saturated carbocycles. The third kappa shape index (κ3) is 4.56. The van der Waals surface area contributed by atoms with E-state index in [1.807, 2.05) is 0 Å². The summed E-state index contributed by atoms with van der Waals surface area (Å²) in [5.41, 5.74) is 0.438. The molecule has 2 nitrogen and oxygen atoms in total. The van der Waals surface area contributed by atoms with Crippen LogP contribution in [0.25, 0.3) is 0 Å². The Morgan fingerprint density at radius 1 is 1.00 bits per heavy atom. The van der Waals surface area contributed by atoms with Gasteiger partial charge in [-0.3, -0.25) is 9.00 Å². The van der Waals surface area contributed by atoms with E-state index in [0.29, 0.717) is 16.9 Å². The molecule has 0 saturated heterocycles. The molecule has 1 atom stereocenters. The van der Waals surface area contributed by atoms with Gasteiger partial charge in [0.1, 0.15) is 11.6 Å². The summed E-state index contributed by atoms with van der Waals surface area (Å²) in [5, 5.41) is 0. The largest absolute Gasteiger partial charge is 0.294 e. The van der Waals surface area contributed by atoms with Gasteiger partial charge in [0.15, 0.2) is 5.78 Å². The molecule has 0 radical (unpaired) electrons. The summed E-state index contributed by atoms with van der Waals surface area (Å²) in [4.78, 5) is 12.3. The Morgan fingerprint density at radius 3 is 2.38 bits per heavy atom.